The fourth-order valence-electron chi connectivity index (χ4n) is 1.36. The smallest absolute Gasteiger partial charge is 0.317 e. The fourth-order valence-corrected chi connectivity index (χ4v) is 1.36. The lowest BCUT2D eigenvalue weighted by molar-refractivity contribution is -0.137. The van der Waals surface area contributed by atoms with E-state index in [1.807, 2.05) is 13.8 Å². The van der Waals surface area contributed by atoms with Gasteiger partial charge in [0.25, 0.3) is 0 Å². The van der Waals surface area contributed by atoms with Crippen molar-refractivity contribution in [3.63, 3.8) is 0 Å². The summed E-state index contributed by atoms with van der Waals surface area (Å²) >= 11 is 0. The number of nitrogens with one attached hydrogen (secondary N) is 1. The van der Waals surface area contributed by atoms with Crippen molar-refractivity contribution in [3.05, 3.63) is 0 Å². The Bertz CT molecular complexity index is 303. The lowest BCUT2D eigenvalue weighted by Gasteiger charge is -2.23. The number of amides is 3. The van der Waals surface area contributed by atoms with E-state index >= 15 is 0 Å². The minimum absolute atomic E-state index is 0.0133. The van der Waals surface area contributed by atoms with Gasteiger partial charge in [0.15, 0.2) is 0 Å². The van der Waals surface area contributed by atoms with E-state index in [4.69, 9.17) is 5.11 Å². The van der Waals surface area contributed by atoms with E-state index in [1.165, 1.54) is 11.9 Å². The predicted octanol–water partition coefficient (Wildman–Crippen LogP) is -0.0291. The summed E-state index contributed by atoms with van der Waals surface area (Å²) < 4.78 is 0. The van der Waals surface area contributed by atoms with Crippen LogP contribution in [0.2, 0.25) is 0 Å². The molecule has 0 saturated carbocycles. The van der Waals surface area contributed by atoms with Crippen molar-refractivity contribution in [1.82, 2.24) is 15.1 Å². The summed E-state index contributed by atoms with van der Waals surface area (Å²) in [5, 5.41) is 10.9. The molecule has 0 aliphatic heterocycles. The molecule has 0 heterocycles. The molecule has 18 heavy (non-hydrogen) atoms. The number of carboxylic acid groups (broad SMARTS) is 1. The SMILES string of the molecule is CCN(CC)C(=O)CN(C)C(=O)NCCC(=O)O. The van der Waals surface area contributed by atoms with Crippen LogP contribution in [0.15, 0.2) is 0 Å². The minimum atomic E-state index is -0.975. The van der Waals surface area contributed by atoms with Crippen LogP contribution in [0.3, 0.4) is 0 Å². The number of hydrogen-bond donors (Lipinski definition) is 2. The standard InChI is InChI=1S/C11H21N3O4/c1-4-14(5-2)9(15)8-13(3)11(18)12-7-6-10(16)17/h4-8H2,1-3H3,(H,12,18)(H,16,17). The van der Waals surface area contributed by atoms with Crippen molar-refractivity contribution >= 4 is 17.9 Å². The number of urea groups is 1. The molecule has 0 atom stereocenters. The van der Waals surface area contributed by atoms with E-state index in [1.54, 1.807) is 4.90 Å². The average molecular weight is 259 g/mol. The molecule has 0 fully saturated rings. The zero-order valence-electron chi connectivity index (χ0n) is 11.1. The lowest BCUT2D eigenvalue weighted by Crippen LogP contribution is -2.45. The first-order chi connectivity index (χ1) is 8.42. The van der Waals surface area contributed by atoms with Gasteiger partial charge in [0, 0.05) is 26.7 Å². The van der Waals surface area contributed by atoms with Gasteiger partial charge in [-0.3, -0.25) is 9.59 Å². The Morgan fingerprint density at radius 2 is 1.72 bits per heavy atom. The molecule has 2 N–H and O–H groups in total. The zero-order valence-corrected chi connectivity index (χ0v) is 11.1. The molecule has 0 saturated heterocycles. The van der Waals surface area contributed by atoms with Gasteiger partial charge in [0.2, 0.25) is 5.91 Å². The number of nitrogens with zero attached hydrogens (tertiary/aromatic N) is 2. The number of hydrogen-bond acceptors (Lipinski definition) is 3. The van der Waals surface area contributed by atoms with E-state index in [2.05, 4.69) is 5.32 Å². The highest BCUT2D eigenvalue weighted by atomic mass is 16.4. The Balaban J connectivity index is 4.07. The molecule has 7 nitrogen and oxygen atoms in total. The van der Waals surface area contributed by atoms with Crippen LogP contribution >= 0.6 is 0 Å². The first-order valence-electron chi connectivity index (χ1n) is 5.90. The largest absolute Gasteiger partial charge is 0.481 e. The van der Waals surface area contributed by atoms with Crippen LogP contribution in [0, 0.1) is 0 Å². The van der Waals surface area contributed by atoms with Gasteiger partial charge in [0.05, 0.1) is 6.42 Å². The first kappa shape index (κ1) is 16.2. The molecule has 0 aromatic carbocycles. The van der Waals surface area contributed by atoms with Gasteiger partial charge in [-0.1, -0.05) is 0 Å². The van der Waals surface area contributed by atoms with Gasteiger partial charge in [-0.05, 0) is 13.8 Å². The fraction of sp³-hybridized carbons (Fsp3) is 0.727. The van der Waals surface area contributed by atoms with E-state index in [9.17, 15) is 14.4 Å². The van der Waals surface area contributed by atoms with E-state index in [-0.39, 0.29) is 25.4 Å². The Labute approximate surface area is 107 Å². The summed E-state index contributed by atoms with van der Waals surface area (Å²) in [6, 6.07) is -0.447. The molecule has 7 heteroatoms. The number of aliphatic carboxylic acids is 1. The van der Waals surface area contributed by atoms with Crippen LogP contribution < -0.4 is 5.32 Å². The first-order valence-corrected chi connectivity index (χ1v) is 5.90. The Kier molecular flexibility index (Phi) is 7.50. The number of carbonyl (C=O) groups excluding carboxylic acids is 2. The van der Waals surface area contributed by atoms with Crippen molar-refractivity contribution in [3.8, 4) is 0 Å². The number of carbonyl (C=O) groups is 3. The Hall–Kier alpha value is -1.79. The predicted molar refractivity (Wildman–Crippen MR) is 66.2 cm³/mol. The average Bonchev–Trinajstić information content (AvgIpc) is 2.29. The summed E-state index contributed by atoms with van der Waals surface area (Å²) in [5.41, 5.74) is 0. The third kappa shape index (κ3) is 6.07. The maximum absolute atomic E-state index is 11.7. The third-order valence-corrected chi connectivity index (χ3v) is 2.45. The number of carboxylic acids is 1. The summed E-state index contributed by atoms with van der Waals surface area (Å²) in [7, 11) is 1.50. The highest BCUT2D eigenvalue weighted by Crippen LogP contribution is 1.93. The molecular weight excluding hydrogens is 238 g/mol. The van der Waals surface area contributed by atoms with Crippen molar-refractivity contribution in [2.75, 3.05) is 33.2 Å². The number of likely N-dealkylation sites (N-methyl/N-ethyl adjacent to an activating group) is 2. The van der Waals surface area contributed by atoms with Crippen molar-refractivity contribution in [2.24, 2.45) is 0 Å². The summed E-state index contributed by atoms with van der Waals surface area (Å²) in [6.45, 7) is 4.98. The van der Waals surface area contributed by atoms with Crippen LogP contribution in [0.1, 0.15) is 20.3 Å². The van der Waals surface area contributed by atoms with Gasteiger partial charge in [-0.15, -0.1) is 0 Å². The molecule has 0 rings (SSSR count). The van der Waals surface area contributed by atoms with Crippen LogP contribution in [0.25, 0.3) is 0 Å². The van der Waals surface area contributed by atoms with Gasteiger partial charge < -0.3 is 20.2 Å². The van der Waals surface area contributed by atoms with Crippen LogP contribution in [-0.2, 0) is 9.59 Å². The van der Waals surface area contributed by atoms with E-state index in [0.717, 1.165) is 0 Å². The van der Waals surface area contributed by atoms with Crippen molar-refractivity contribution in [2.45, 2.75) is 20.3 Å². The van der Waals surface area contributed by atoms with Crippen LogP contribution in [0.4, 0.5) is 4.79 Å². The molecule has 104 valence electrons. The Morgan fingerprint density at radius 3 is 2.17 bits per heavy atom. The molecule has 0 radical (unpaired) electrons. The molecular formula is C11H21N3O4. The second kappa shape index (κ2) is 8.32. The molecule has 3 amide bonds. The van der Waals surface area contributed by atoms with Crippen LogP contribution in [-0.4, -0.2) is 66.0 Å². The van der Waals surface area contributed by atoms with Gasteiger partial charge in [-0.2, -0.15) is 0 Å². The zero-order chi connectivity index (χ0) is 14.1. The highest BCUT2D eigenvalue weighted by Gasteiger charge is 2.16. The third-order valence-electron chi connectivity index (χ3n) is 2.45. The quantitative estimate of drug-likeness (QED) is 0.672. The molecule has 0 unspecified atom stereocenters. The second-order valence-electron chi connectivity index (χ2n) is 3.80. The molecule has 0 aliphatic carbocycles. The molecule has 0 aromatic rings. The topological polar surface area (TPSA) is 90.0 Å². The summed E-state index contributed by atoms with van der Waals surface area (Å²) in [6.07, 6.45) is -0.135. The van der Waals surface area contributed by atoms with Crippen molar-refractivity contribution < 1.29 is 19.5 Å². The lowest BCUT2D eigenvalue weighted by atomic mass is 10.4. The van der Waals surface area contributed by atoms with E-state index in [0.29, 0.717) is 13.1 Å². The van der Waals surface area contributed by atoms with Gasteiger partial charge in [-0.25, -0.2) is 4.79 Å². The van der Waals surface area contributed by atoms with Gasteiger partial charge in [0.1, 0.15) is 6.54 Å². The van der Waals surface area contributed by atoms with Crippen LogP contribution in [0.5, 0.6) is 0 Å². The maximum atomic E-state index is 11.7. The monoisotopic (exact) mass is 259 g/mol. The minimum Gasteiger partial charge on any atom is -0.481 e. The summed E-state index contributed by atoms with van der Waals surface area (Å²) in [4.78, 5) is 36.4. The van der Waals surface area contributed by atoms with Crippen molar-refractivity contribution in [1.29, 1.82) is 0 Å². The van der Waals surface area contributed by atoms with Gasteiger partial charge >= 0.3 is 12.0 Å². The highest BCUT2D eigenvalue weighted by molar-refractivity contribution is 5.84. The summed E-state index contributed by atoms with van der Waals surface area (Å²) in [5.74, 6) is -1.10. The normalized spacial score (nSPS) is 9.72. The Morgan fingerprint density at radius 1 is 1.17 bits per heavy atom. The van der Waals surface area contributed by atoms with E-state index < -0.39 is 12.0 Å². The second-order valence-corrected chi connectivity index (χ2v) is 3.80. The molecule has 0 bridgehead atoms. The molecule has 0 aromatic heterocycles. The maximum Gasteiger partial charge on any atom is 0.317 e. The number of rotatable bonds is 7. The molecule has 0 spiro atoms. The molecule has 0 aliphatic rings.